The highest BCUT2D eigenvalue weighted by Crippen LogP contribution is 2.28. The van der Waals surface area contributed by atoms with Crippen LogP contribution < -0.4 is 15.5 Å². The Kier molecular flexibility index (Phi) is 7.51. The standard InChI is InChI=1S/C22H24F3N3O3/c1-2-26-11-14-4-3-5-15(7-6-14)18-9-8-16(10-19(18)23)28-13-17(31-22(28)30)12-27-21(29)20(24)25/h4-10,17,20,26H,2-3,11-13H2,1H3,(H,27,29). The van der Waals surface area contributed by atoms with Crippen molar-refractivity contribution in [2.45, 2.75) is 25.9 Å². The SMILES string of the molecule is CCNCC1=CCC=C(c2ccc(N3CC(CNC(=O)C(F)F)OC3=O)cc2F)C=C1. The van der Waals surface area contributed by atoms with Crippen molar-refractivity contribution < 1.29 is 27.5 Å². The number of hydrogen-bond donors (Lipinski definition) is 2. The van der Waals surface area contributed by atoms with Crippen LogP contribution in [0.2, 0.25) is 0 Å². The number of halogens is 3. The van der Waals surface area contributed by atoms with E-state index in [9.17, 15) is 22.8 Å². The fraction of sp³-hybridized carbons (Fsp3) is 0.364. The minimum Gasteiger partial charge on any atom is -0.442 e. The summed E-state index contributed by atoms with van der Waals surface area (Å²) >= 11 is 0. The number of benzene rings is 1. The van der Waals surface area contributed by atoms with Gasteiger partial charge in [0.15, 0.2) is 0 Å². The van der Waals surface area contributed by atoms with Gasteiger partial charge in [0, 0.05) is 12.1 Å². The summed E-state index contributed by atoms with van der Waals surface area (Å²) in [4.78, 5) is 24.3. The summed E-state index contributed by atoms with van der Waals surface area (Å²) in [6, 6.07) is 4.44. The molecule has 2 aliphatic rings. The summed E-state index contributed by atoms with van der Waals surface area (Å²) < 4.78 is 44.5. The highest BCUT2D eigenvalue weighted by Gasteiger charge is 2.33. The molecular weight excluding hydrogens is 411 g/mol. The molecule has 2 amide bonds. The lowest BCUT2D eigenvalue weighted by atomic mass is 10.0. The molecule has 1 unspecified atom stereocenters. The van der Waals surface area contributed by atoms with Gasteiger partial charge in [-0.15, -0.1) is 0 Å². The second-order valence-corrected chi connectivity index (χ2v) is 7.11. The van der Waals surface area contributed by atoms with E-state index in [0.29, 0.717) is 12.0 Å². The quantitative estimate of drug-likeness (QED) is 0.657. The monoisotopic (exact) mass is 435 g/mol. The number of alkyl halides is 2. The molecule has 1 aliphatic carbocycles. The lowest BCUT2D eigenvalue weighted by molar-refractivity contribution is -0.132. The van der Waals surface area contributed by atoms with Gasteiger partial charge in [-0.3, -0.25) is 9.69 Å². The normalized spacial score (nSPS) is 18.5. The Balaban J connectivity index is 1.66. The van der Waals surface area contributed by atoms with Crippen molar-refractivity contribution in [2.24, 2.45) is 0 Å². The Morgan fingerprint density at radius 1 is 1.29 bits per heavy atom. The molecule has 0 radical (unpaired) electrons. The van der Waals surface area contributed by atoms with Crippen molar-refractivity contribution in [3.05, 3.63) is 59.5 Å². The second-order valence-electron chi connectivity index (χ2n) is 7.11. The summed E-state index contributed by atoms with van der Waals surface area (Å²) in [5, 5.41) is 5.26. The molecule has 1 aliphatic heterocycles. The minimum absolute atomic E-state index is 0.0153. The Morgan fingerprint density at radius 3 is 2.81 bits per heavy atom. The van der Waals surface area contributed by atoms with Gasteiger partial charge >= 0.3 is 12.5 Å². The van der Waals surface area contributed by atoms with E-state index >= 15 is 0 Å². The van der Waals surface area contributed by atoms with E-state index in [4.69, 9.17) is 4.74 Å². The fourth-order valence-electron chi connectivity index (χ4n) is 3.31. The topological polar surface area (TPSA) is 70.7 Å². The Bertz CT molecular complexity index is 928. The van der Waals surface area contributed by atoms with Crippen LogP contribution in [0.3, 0.4) is 0 Å². The van der Waals surface area contributed by atoms with E-state index in [1.165, 1.54) is 11.0 Å². The molecule has 1 aromatic carbocycles. The number of cyclic esters (lactones) is 1. The van der Waals surface area contributed by atoms with E-state index in [1.807, 2.05) is 30.5 Å². The van der Waals surface area contributed by atoms with Crippen LogP contribution in [-0.4, -0.2) is 50.7 Å². The van der Waals surface area contributed by atoms with E-state index in [-0.39, 0.29) is 18.8 Å². The first-order valence-corrected chi connectivity index (χ1v) is 10.0. The highest BCUT2D eigenvalue weighted by atomic mass is 19.3. The van der Waals surface area contributed by atoms with Gasteiger partial charge in [0.1, 0.15) is 11.9 Å². The third-order valence-electron chi connectivity index (χ3n) is 4.93. The van der Waals surface area contributed by atoms with Crippen molar-refractivity contribution in [3.8, 4) is 0 Å². The molecule has 0 saturated carbocycles. The molecular formula is C22H24F3N3O3. The molecule has 0 aromatic heterocycles. The summed E-state index contributed by atoms with van der Waals surface area (Å²) in [5.74, 6) is -1.93. The molecule has 0 spiro atoms. The largest absolute Gasteiger partial charge is 0.442 e. The molecule has 1 heterocycles. The number of likely N-dealkylation sites (N-methyl/N-ethyl adjacent to an activating group) is 1. The lowest BCUT2D eigenvalue weighted by Gasteiger charge is -2.15. The third kappa shape index (κ3) is 5.75. The molecule has 31 heavy (non-hydrogen) atoms. The van der Waals surface area contributed by atoms with E-state index in [2.05, 4.69) is 11.4 Å². The van der Waals surface area contributed by atoms with Crippen molar-refractivity contribution in [2.75, 3.05) is 31.1 Å². The van der Waals surface area contributed by atoms with Gasteiger partial charge in [-0.2, -0.15) is 8.78 Å². The van der Waals surface area contributed by atoms with Crippen LogP contribution in [0.1, 0.15) is 18.9 Å². The lowest BCUT2D eigenvalue weighted by Crippen LogP contribution is -2.37. The highest BCUT2D eigenvalue weighted by molar-refractivity contribution is 5.90. The molecule has 1 aromatic rings. The molecule has 3 rings (SSSR count). The maximum absolute atomic E-state index is 14.9. The number of carbonyl (C=O) groups is 2. The van der Waals surface area contributed by atoms with E-state index in [1.54, 1.807) is 12.1 Å². The maximum Gasteiger partial charge on any atom is 0.414 e. The van der Waals surface area contributed by atoms with Gasteiger partial charge in [0.25, 0.3) is 5.91 Å². The van der Waals surface area contributed by atoms with E-state index < -0.39 is 30.3 Å². The first-order valence-electron chi connectivity index (χ1n) is 10.0. The first-order chi connectivity index (χ1) is 14.9. The van der Waals surface area contributed by atoms with Gasteiger partial charge in [0.2, 0.25) is 0 Å². The maximum atomic E-state index is 14.9. The number of carbonyl (C=O) groups excluding carboxylic acids is 2. The zero-order valence-electron chi connectivity index (χ0n) is 17.0. The summed E-state index contributed by atoms with van der Waals surface area (Å²) in [5.41, 5.74) is 2.56. The van der Waals surface area contributed by atoms with Crippen LogP contribution in [0, 0.1) is 5.82 Å². The fourth-order valence-corrected chi connectivity index (χ4v) is 3.31. The van der Waals surface area contributed by atoms with E-state index in [0.717, 1.165) is 24.2 Å². The van der Waals surface area contributed by atoms with Crippen molar-refractivity contribution in [1.82, 2.24) is 10.6 Å². The van der Waals surface area contributed by atoms with Gasteiger partial charge in [-0.1, -0.05) is 31.2 Å². The number of amides is 2. The smallest absolute Gasteiger partial charge is 0.414 e. The zero-order valence-corrected chi connectivity index (χ0v) is 17.0. The molecule has 1 atom stereocenters. The molecule has 9 heteroatoms. The predicted octanol–water partition coefficient (Wildman–Crippen LogP) is 3.41. The average Bonchev–Trinajstić information content (AvgIpc) is 2.96. The first kappa shape index (κ1) is 22.6. The number of allylic oxidation sites excluding steroid dienone is 4. The minimum atomic E-state index is -3.14. The molecule has 2 N–H and O–H groups in total. The number of nitrogens with one attached hydrogen (secondary N) is 2. The summed E-state index contributed by atoms with van der Waals surface area (Å²) in [6.45, 7) is 3.40. The molecule has 6 nitrogen and oxygen atoms in total. The Labute approximate surface area is 178 Å². The summed E-state index contributed by atoms with van der Waals surface area (Å²) in [7, 11) is 0. The summed E-state index contributed by atoms with van der Waals surface area (Å²) in [6.07, 6.45) is 3.82. The van der Waals surface area contributed by atoms with Crippen LogP contribution in [-0.2, 0) is 9.53 Å². The third-order valence-corrected chi connectivity index (χ3v) is 4.93. The Hall–Kier alpha value is -3.07. The van der Waals surface area contributed by atoms with Crippen molar-refractivity contribution >= 4 is 23.3 Å². The molecule has 166 valence electrons. The Morgan fingerprint density at radius 2 is 2.10 bits per heavy atom. The van der Waals surface area contributed by atoms with Crippen LogP contribution in [0.4, 0.5) is 23.7 Å². The number of ether oxygens (including phenoxy) is 1. The average molecular weight is 435 g/mol. The zero-order chi connectivity index (χ0) is 22.4. The van der Waals surface area contributed by atoms with Crippen LogP contribution in [0.25, 0.3) is 5.57 Å². The van der Waals surface area contributed by atoms with Gasteiger partial charge in [-0.05, 0) is 42.3 Å². The van der Waals surface area contributed by atoms with Crippen LogP contribution >= 0.6 is 0 Å². The van der Waals surface area contributed by atoms with Gasteiger partial charge in [0.05, 0.1) is 18.8 Å². The molecule has 1 saturated heterocycles. The van der Waals surface area contributed by atoms with Gasteiger partial charge in [-0.25, -0.2) is 9.18 Å². The van der Waals surface area contributed by atoms with Crippen LogP contribution in [0.15, 0.2) is 48.1 Å². The number of rotatable bonds is 8. The predicted molar refractivity (Wildman–Crippen MR) is 111 cm³/mol. The number of anilines is 1. The van der Waals surface area contributed by atoms with Gasteiger partial charge < -0.3 is 15.4 Å². The number of hydrogen-bond acceptors (Lipinski definition) is 4. The van der Waals surface area contributed by atoms with Crippen LogP contribution in [0.5, 0.6) is 0 Å². The molecule has 0 bridgehead atoms. The second kappa shape index (κ2) is 10.3. The van der Waals surface area contributed by atoms with Crippen molar-refractivity contribution in [1.29, 1.82) is 0 Å². The van der Waals surface area contributed by atoms with Crippen molar-refractivity contribution in [3.63, 3.8) is 0 Å². The molecule has 1 fully saturated rings. The number of nitrogens with zero attached hydrogens (tertiary/aromatic N) is 1.